The fraction of sp³-hybridized carbons (Fsp3) is 0.412. The van der Waals surface area contributed by atoms with Crippen molar-refractivity contribution in [2.45, 2.75) is 12.5 Å². The lowest BCUT2D eigenvalue weighted by Crippen LogP contribution is -2.51. The Kier molecular flexibility index (Phi) is 6.52. The Bertz CT molecular complexity index is 664. The maximum Gasteiger partial charge on any atom is 0.319 e. The monoisotopic (exact) mass is 368 g/mol. The van der Waals surface area contributed by atoms with Crippen molar-refractivity contribution >= 4 is 23.6 Å². The highest BCUT2D eigenvalue weighted by Crippen LogP contribution is 2.37. The standard InChI is InChI=1S/C17H21ClN2O5/c1-10-14(16(21)25-8-4-7-18)15(20-17(22)19-10)12-9-11(23-2)5-6-13(12)24-3/h5-6,9,14-15H,1,4,7-8H2,2-3H3,(H2,19,20,22)/t14-,15+/m0/s1. The van der Waals surface area contributed by atoms with Gasteiger partial charge in [-0.25, -0.2) is 4.79 Å². The minimum Gasteiger partial charge on any atom is -0.497 e. The second kappa shape index (κ2) is 8.62. The summed E-state index contributed by atoms with van der Waals surface area (Å²) in [4.78, 5) is 24.5. The molecule has 0 spiro atoms. The normalized spacial score (nSPS) is 19.6. The first-order valence-electron chi connectivity index (χ1n) is 7.72. The van der Waals surface area contributed by atoms with E-state index < -0.39 is 24.0 Å². The summed E-state index contributed by atoms with van der Waals surface area (Å²) in [6.07, 6.45) is 0.541. The number of rotatable bonds is 7. The number of hydrogen-bond acceptors (Lipinski definition) is 5. The number of nitrogens with one attached hydrogen (secondary N) is 2. The van der Waals surface area contributed by atoms with E-state index in [0.29, 0.717) is 29.4 Å². The van der Waals surface area contributed by atoms with Gasteiger partial charge in [0.1, 0.15) is 17.4 Å². The predicted molar refractivity (Wildman–Crippen MR) is 92.9 cm³/mol. The molecule has 2 N–H and O–H groups in total. The summed E-state index contributed by atoms with van der Waals surface area (Å²) in [7, 11) is 3.04. The van der Waals surface area contributed by atoms with Gasteiger partial charge in [-0.3, -0.25) is 4.79 Å². The smallest absolute Gasteiger partial charge is 0.319 e. The third-order valence-electron chi connectivity index (χ3n) is 3.82. The molecule has 0 saturated carbocycles. The van der Waals surface area contributed by atoms with E-state index in [1.165, 1.54) is 14.2 Å². The molecule has 1 fully saturated rings. The van der Waals surface area contributed by atoms with Crippen molar-refractivity contribution in [3.05, 3.63) is 36.0 Å². The van der Waals surface area contributed by atoms with Crippen LogP contribution in [0.4, 0.5) is 4.79 Å². The molecule has 0 radical (unpaired) electrons. The first-order valence-corrected chi connectivity index (χ1v) is 8.26. The van der Waals surface area contributed by atoms with Gasteiger partial charge in [-0.05, 0) is 24.6 Å². The molecule has 0 aliphatic carbocycles. The maximum atomic E-state index is 12.5. The molecule has 2 rings (SSSR count). The van der Waals surface area contributed by atoms with Crippen molar-refractivity contribution in [2.75, 3.05) is 26.7 Å². The van der Waals surface area contributed by atoms with Gasteiger partial charge in [0.25, 0.3) is 0 Å². The third kappa shape index (κ3) is 4.36. The number of halogens is 1. The summed E-state index contributed by atoms with van der Waals surface area (Å²) in [5, 5.41) is 5.26. The van der Waals surface area contributed by atoms with Crippen molar-refractivity contribution in [1.82, 2.24) is 10.6 Å². The van der Waals surface area contributed by atoms with E-state index in [0.717, 1.165) is 0 Å². The topological polar surface area (TPSA) is 85.9 Å². The molecular weight excluding hydrogens is 348 g/mol. The highest BCUT2D eigenvalue weighted by molar-refractivity contribution is 6.17. The van der Waals surface area contributed by atoms with E-state index in [1.807, 2.05) is 0 Å². The number of amides is 2. The summed E-state index contributed by atoms with van der Waals surface area (Å²) in [5.41, 5.74) is 0.853. The number of methoxy groups -OCH3 is 2. The van der Waals surface area contributed by atoms with Crippen LogP contribution in [0.1, 0.15) is 18.0 Å². The SMILES string of the molecule is C=C1NC(=O)N[C@H](c2cc(OC)ccc2OC)[C@H]1C(=O)OCCCCl. The first-order chi connectivity index (χ1) is 12.0. The van der Waals surface area contributed by atoms with Crippen molar-refractivity contribution in [3.63, 3.8) is 0 Å². The van der Waals surface area contributed by atoms with E-state index in [9.17, 15) is 9.59 Å². The van der Waals surface area contributed by atoms with Crippen molar-refractivity contribution in [2.24, 2.45) is 5.92 Å². The van der Waals surface area contributed by atoms with E-state index in [2.05, 4.69) is 17.2 Å². The highest BCUT2D eigenvalue weighted by atomic mass is 35.5. The zero-order chi connectivity index (χ0) is 18.4. The number of esters is 1. The molecule has 1 aromatic rings. The summed E-state index contributed by atoms with van der Waals surface area (Å²) in [5.74, 6) is 0.162. The summed E-state index contributed by atoms with van der Waals surface area (Å²) in [6.45, 7) is 3.99. The molecule has 25 heavy (non-hydrogen) atoms. The molecule has 0 aromatic heterocycles. The van der Waals surface area contributed by atoms with Gasteiger partial charge >= 0.3 is 12.0 Å². The van der Waals surface area contributed by atoms with Gasteiger partial charge in [-0.2, -0.15) is 0 Å². The van der Waals surface area contributed by atoms with Gasteiger partial charge in [0.15, 0.2) is 0 Å². The minimum absolute atomic E-state index is 0.196. The van der Waals surface area contributed by atoms with Crippen LogP contribution in [0.25, 0.3) is 0 Å². The lowest BCUT2D eigenvalue weighted by Gasteiger charge is -2.34. The van der Waals surface area contributed by atoms with Crippen molar-refractivity contribution < 1.29 is 23.8 Å². The summed E-state index contributed by atoms with van der Waals surface area (Å²) < 4.78 is 15.9. The third-order valence-corrected chi connectivity index (χ3v) is 4.08. The fourth-order valence-corrected chi connectivity index (χ4v) is 2.73. The van der Waals surface area contributed by atoms with Crippen LogP contribution in [-0.2, 0) is 9.53 Å². The number of carbonyl (C=O) groups is 2. The summed E-state index contributed by atoms with van der Waals surface area (Å²) >= 11 is 5.61. The van der Waals surface area contributed by atoms with Gasteiger partial charge in [0.05, 0.1) is 26.9 Å². The first kappa shape index (κ1) is 18.9. The Morgan fingerprint density at radius 2 is 2.08 bits per heavy atom. The molecule has 1 saturated heterocycles. The molecule has 2 amide bonds. The molecule has 0 bridgehead atoms. The number of ether oxygens (including phenoxy) is 3. The molecule has 136 valence electrons. The quantitative estimate of drug-likeness (QED) is 0.438. The lowest BCUT2D eigenvalue weighted by molar-refractivity contribution is -0.148. The van der Waals surface area contributed by atoms with E-state index in [4.69, 9.17) is 25.8 Å². The van der Waals surface area contributed by atoms with Crippen LogP contribution in [0.5, 0.6) is 11.5 Å². The lowest BCUT2D eigenvalue weighted by atomic mass is 9.88. The van der Waals surface area contributed by atoms with Crippen LogP contribution in [0, 0.1) is 5.92 Å². The maximum absolute atomic E-state index is 12.5. The van der Waals surface area contributed by atoms with Gasteiger partial charge < -0.3 is 24.8 Å². The predicted octanol–water partition coefficient (Wildman–Crippen LogP) is 2.36. The Morgan fingerprint density at radius 1 is 1.32 bits per heavy atom. The Morgan fingerprint density at radius 3 is 2.72 bits per heavy atom. The number of benzene rings is 1. The molecule has 7 nitrogen and oxygen atoms in total. The number of alkyl halides is 1. The molecule has 1 aliphatic heterocycles. The zero-order valence-electron chi connectivity index (χ0n) is 14.1. The second-order valence-corrected chi connectivity index (χ2v) is 5.77. The number of carbonyl (C=O) groups excluding carboxylic acids is 2. The molecule has 1 aliphatic rings. The van der Waals surface area contributed by atoms with Crippen LogP contribution < -0.4 is 20.1 Å². The number of urea groups is 1. The molecule has 1 heterocycles. The van der Waals surface area contributed by atoms with Gasteiger partial charge in [-0.15, -0.1) is 11.6 Å². The van der Waals surface area contributed by atoms with Gasteiger partial charge in [0.2, 0.25) is 0 Å². The van der Waals surface area contributed by atoms with Gasteiger partial charge in [-0.1, -0.05) is 6.58 Å². The Hall–Kier alpha value is -2.41. The Balaban J connectivity index is 2.38. The van der Waals surface area contributed by atoms with E-state index >= 15 is 0 Å². The Labute approximate surface area is 151 Å². The minimum atomic E-state index is -0.811. The van der Waals surface area contributed by atoms with Crippen molar-refractivity contribution in [3.8, 4) is 11.5 Å². The fourth-order valence-electron chi connectivity index (χ4n) is 2.62. The van der Waals surface area contributed by atoms with Crippen LogP contribution in [0.15, 0.2) is 30.5 Å². The van der Waals surface area contributed by atoms with E-state index in [-0.39, 0.29) is 12.3 Å². The number of hydrogen-bond donors (Lipinski definition) is 2. The largest absolute Gasteiger partial charge is 0.497 e. The summed E-state index contributed by atoms with van der Waals surface area (Å²) in [6, 6.07) is 4.00. The molecule has 0 unspecified atom stereocenters. The van der Waals surface area contributed by atoms with Crippen LogP contribution in [0.2, 0.25) is 0 Å². The van der Waals surface area contributed by atoms with Crippen molar-refractivity contribution in [1.29, 1.82) is 0 Å². The molecular formula is C17H21ClN2O5. The van der Waals surface area contributed by atoms with Crippen LogP contribution in [-0.4, -0.2) is 38.7 Å². The van der Waals surface area contributed by atoms with Crippen LogP contribution >= 0.6 is 11.6 Å². The molecule has 8 heteroatoms. The molecule has 2 atom stereocenters. The van der Waals surface area contributed by atoms with Crippen LogP contribution in [0.3, 0.4) is 0 Å². The zero-order valence-corrected chi connectivity index (χ0v) is 14.9. The molecule has 1 aromatic carbocycles. The highest BCUT2D eigenvalue weighted by Gasteiger charge is 2.40. The average molecular weight is 369 g/mol. The van der Waals surface area contributed by atoms with Gasteiger partial charge in [0, 0.05) is 17.1 Å². The van der Waals surface area contributed by atoms with E-state index in [1.54, 1.807) is 18.2 Å². The average Bonchev–Trinajstić information content (AvgIpc) is 2.60. The second-order valence-electron chi connectivity index (χ2n) is 5.40.